The molecule has 0 amide bonds. The van der Waals surface area contributed by atoms with Crippen LogP contribution in [-0.4, -0.2) is 10.7 Å². The van der Waals surface area contributed by atoms with Crippen LogP contribution in [0, 0.1) is 20.8 Å². The van der Waals surface area contributed by atoms with Gasteiger partial charge >= 0.3 is 0 Å². The number of rotatable bonds is 0. The predicted octanol–water partition coefficient (Wildman–Crippen LogP) is 3.42. The lowest BCUT2D eigenvalue weighted by Crippen LogP contribution is -2.33. The van der Waals surface area contributed by atoms with Gasteiger partial charge in [0.1, 0.15) is 17.1 Å². The van der Waals surface area contributed by atoms with Crippen molar-refractivity contribution in [3.8, 4) is 11.5 Å². The summed E-state index contributed by atoms with van der Waals surface area (Å²) in [5.41, 5.74) is 4.08. The third-order valence-electron chi connectivity index (χ3n) is 3.70. The van der Waals surface area contributed by atoms with Crippen molar-refractivity contribution in [2.45, 2.75) is 53.1 Å². The molecule has 0 aliphatic carbocycles. The number of fused-ring (bicyclic) bond motifs is 1. The lowest BCUT2D eigenvalue weighted by Gasteiger charge is -2.35. The number of phenolic OH excluding ortho intramolecular Hbond substituents is 1. The van der Waals surface area contributed by atoms with Crippen molar-refractivity contribution in [3.63, 3.8) is 0 Å². The van der Waals surface area contributed by atoms with E-state index in [0.29, 0.717) is 5.75 Å². The Balaban J connectivity index is 2.65. The molecule has 0 saturated carbocycles. The minimum Gasteiger partial charge on any atom is -0.507 e. The third kappa shape index (κ3) is 1.57. The fourth-order valence-corrected chi connectivity index (χ4v) is 2.36. The van der Waals surface area contributed by atoms with Crippen LogP contribution < -0.4 is 4.74 Å². The second-order valence-electron chi connectivity index (χ2n) is 5.39. The Hall–Kier alpha value is -1.18. The molecule has 16 heavy (non-hydrogen) atoms. The van der Waals surface area contributed by atoms with Crippen LogP contribution in [0.3, 0.4) is 0 Å². The van der Waals surface area contributed by atoms with E-state index in [4.69, 9.17) is 4.74 Å². The Kier molecular flexibility index (Phi) is 2.41. The third-order valence-corrected chi connectivity index (χ3v) is 3.70. The van der Waals surface area contributed by atoms with Gasteiger partial charge in [0, 0.05) is 5.56 Å². The van der Waals surface area contributed by atoms with E-state index in [9.17, 15) is 5.11 Å². The molecule has 1 heterocycles. The summed E-state index contributed by atoms with van der Waals surface area (Å²) in [7, 11) is 0. The van der Waals surface area contributed by atoms with E-state index in [1.54, 1.807) is 0 Å². The zero-order chi connectivity index (χ0) is 12.1. The summed E-state index contributed by atoms with van der Waals surface area (Å²) in [5.74, 6) is 1.42. The predicted molar refractivity (Wildman–Crippen MR) is 65.3 cm³/mol. The number of phenols is 1. The van der Waals surface area contributed by atoms with Crippen LogP contribution in [0.5, 0.6) is 11.5 Å². The zero-order valence-electron chi connectivity index (χ0n) is 10.8. The highest BCUT2D eigenvalue weighted by Gasteiger charge is 2.30. The van der Waals surface area contributed by atoms with Crippen molar-refractivity contribution in [1.82, 2.24) is 0 Å². The van der Waals surface area contributed by atoms with Crippen molar-refractivity contribution < 1.29 is 9.84 Å². The number of benzene rings is 1. The van der Waals surface area contributed by atoms with Crippen molar-refractivity contribution in [2.24, 2.45) is 0 Å². The molecule has 0 radical (unpaired) electrons. The Morgan fingerprint density at radius 1 is 1.06 bits per heavy atom. The molecular weight excluding hydrogens is 201 g/mol. The number of aromatic hydroxyl groups is 1. The van der Waals surface area contributed by atoms with Crippen LogP contribution >= 0.6 is 0 Å². The van der Waals surface area contributed by atoms with Gasteiger partial charge in [-0.2, -0.15) is 0 Å². The molecule has 0 aromatic heterocycles. The SMILES string of the molecule is Cc1c(C)c2c(c([13CH3])c1O)CCC(C)(C)O2. The van der Waals surface area contributed by atoms with E-state index in [1.165, 1.54) is 5.56 Å². The van der Waals surface area contributed by atoms with Gasteiger partial charge in [-0.1, -0.05) is 0 Å². The Labute approximate surface area is 97.3 Å². The molecule has 0 saturated heterocycles. The molecule has 1 aliphatic heterocycles. The first-order valence-corrected chi connectivity index (χ1v) is 5.84. The molecule has 1 aliphatic rings. The molecule has 1 aromatic rings. The monoisotopic (exact) mass is 221 g/mol. The average Bonchev–Trinajstić information content (AvgIpc) is 2.22. The molecule has 2 nitrogen and oxygen atoms in total. The van der Waals surface area contributed by atoms with Gasteiger partial charge < -0.3 is 9.84 Å². The van der Waals surface area contributed by atoms with Gasteiger partial charge in [0.05, 0.1) is 0 Å². The minimum absolute atomic E-state index is 0.0897. The molecule has 2 rings (SSSR count). The summed E-state index contributed by atoms with van der Waals surface area (Å²) in [6.07, 6.45) is 1.99. The van der Waals surface area contributed by atoms with Crippen molar-refractivity contribution in [1.29, 1.82) is 0 Å². The van der Waals surface area contributed by atoms with Crippen molar-refractivity contribution in [3.05, 3.63) is 22.3 Å². The van der Waals surface area contributed by atoms with Crippen LogP contribution in [0.4, 0.5) is 0 Å². The standard InChI is InChI=1S/C14H20O2/c1-8-9(2)13-11(10(3)12(8)15)6-7-14(4,5)16-13/h15H,6-7H2,1-5H3/i3+1. The maximum Gasteiger partial charge on any atom is 0.127 e. The molecule has 0 spiro atoms. The quantitative estimate of drug-likeness (QED) is 0.680. The smallest absolute Gasteiger partial charge is 0.127 e. The molecule has 88 valence electrons. The molecule has 0 bridgehead atoms. The van der Waals surface area contributed by atoms with E-state index < -0.39 is 0 Å². The molecule has 0 fully saturated rings. The number of ether oxygens (including phenoxy) is 1. The van der Waals surface area contributed by atoms with Crippen molar-refractivity contribution >= 4 is 0 Å². The fourth-order valence-electron chi connectivity index (χ4n) is 2.36. The highest BCUT2D eigenvalue weighted by molar-refractivity contribution is 5.58. The van der Waals surface area contributed by atoms with Gasteiger partial charge in [0.15, 0.2) is 0 Å². The maximum absolute atomic E-state index is 10.0. The van der Waals surface area contributed by atoms with Crippen LogP contribution in [0.1, 0.15) is 42.5 Å². The molecule has 1 aromatic carbocycles. The summed E-state index contributed by atoms with van der Waals surface area (Å²) in [4.78, 5) is 0. The summed E-state index contributed by atoms with van der Waals surface area (Å²) >= 11 is 0. The van der Waals surface area contributed by atoms with E-state index in [0.717, 1.165) is 35.3 Å². The van der Waals surface area contributed by atoms with Gasteiger partial charge in [0.2, 0.25) is 0 Å². The Bertz CT molecular complexity index is 445. The van der Waals surface area contributed by atoms with E-state index >= 15 is 0 Å². The summed E-state index contributed by atoms with van der Waals surface area (Å²) in [6, 6.07) is 0. The van der Waals surface area contributed by atoms with Crippen molar-refractivity contribution in [2.75, 3.05) is 0 Å². The zero-order valence-corrected chi connectivity index (χ0v) is 10.8. The molecule has 1 N–H and O–H groups in total. The first kappa shape index (κ1) is 11.3. The lowest BCUT2D eigenvalue weighted by atomic mass is 9.89. The maximum atomic E-state index is 10.0. The summed E-state index contributed by atoms with van der Waals surface area (Å²) in [6.45, 7) is 10.2. The van der Waals surface area contributed by atoms with Crippen LogP contribution in [0.25, 0.3) is 0 Å². The van der Waals surface area contributed by atoms with E-state index in [-0.39, 0.29) is 5.60 Å². The Morgan fingerprint density at radius 2 is 1.69 bits per heavy atom. The summed E-state index contributed by atoms with van der Waals surface area (Å²) < 4.78 is 6.06. The van der Waals surface area contributed by atoms with Gasteiger partial charge in [-0.25, -0.2) is 0 Å². The number of hydrogen-bond donors (Lipinski definition) is 1. The largest absolute Gasteiger partial charge is 0.507 e. The molecule has 2 heteroatoms. The lowest BCUT2D eigenvalue weighted by molar-refractivity contribution is 0.0831. The first-order chi connectivity index (χ1) is 7.33. The van der Waals surface area contributed by atoms with E-state index in [2.05, 4.69) is 13.8 Å². The van der Waals surface area contributed by atoms with Crippen LogP contribution in [-0.2, 0) is 6.42 Å². The molecule has 0 atom stereocenters. The van der Waals surface area contributed by atoms with Gasteiger partial charge in [-0.3, -0.25) is 0 Å². The Morgan fingerprint density at radius 3 is 2.31 bits per heavy atom. The highest BCUT2D eigenvalue weighted by Crippen LogP contribution is 2.42. The number of hydrogen-bond acceptors (Lipinski definition) is 2. The minimum atomic E-state index is -0.0897. The second kappa shape index (κ2) is 3.41. The van der Waals surface area contributed by atoms with Crippen LogP contribution in [0.2, 0.25) is 0 Å². The first-order valence-electron chi connectivity index (χ1n) is 5.84. The normalized spacial score (nSPS) is 17.8. The van der Waals surface area contributed by atoms with Gasteiger partial charge in [0.25, 0.3) is 0 Å². The van der Waals surface area contributed by atoms with Gasteiger partial charge in [-0.05, 0) is 64.2 Å². The summed E-state index contributed by atoms with van der Waals surface area (Å²) in [5, 5.41) is 10.0. The fraction of sp³-hybridized carbons (Fsp3) is 0.571. The average molecular weight is 221 g/mol. The highest BCUT2D eigenvalue weighted by atomic mass is 16.5. The second-order valence-corrected chi connectivity index (χ2v) is 5.39. The van der Waals surface area contributed by atoms with Crippen LogP contribution in [0.15, 0.2) is 0 Å². The topological polar surface area (TPSA) is 29.5 Å². The van der Waals surface area contributed by atoms with E-state index in [1.807, 2.05) is 20.8 Å². The van der Waals surface area contributed by atoms with Gasteiger partial charge in [-0.15, -0.1) is 0 Å². The molecule has 0 unspecified atom stereocenters. The molecular formula is C14H20O2.